The van der Waals surface area contributed by atoms with Crippen LogP contribution in [0, 0.1) is 0 Å². The van der Waals surface area contributed by atoms with Crippen LogP contribution in [0.25, 0.3) is 0 Å². The molecular formula is C23H22O7. The van der Waals surface area contributed by atoms with Crippen LogP contribution in [-0.4, -0.2) is 31.9 Å². The number of hydrogen-bond donors (Lipinski definition) is 0. The van der Waals surface area contributed by atoms with Crippen molar-refractivity contribution in [3.63, 3.8) is 0 Å². The first-order valence-electron chi connectivity index (χ1n) is 8.83. The van der Waals surface area contributed by atoms with Crippen LogP contribution in [0.4, 0.5) is 0 Å². The number of benzene rings is 2. The minimum Gasteiger partial charge on any atom is -0.497 e. The van der Waals surface area contributed by atoms with E-state index in [9.17, 15) is 14.4 Å². The van der Waals surface area contributed by atoms with Crippen LogP contribution in [0.3, 0.4) is 0 Å². The molecule has 0 unspecified atom stereocenters. The molecule has 2 aromatic rings. The lowest BCUT2D eigenvalue weighted by Gasteiger charge is -2.12. The number of ketones is 1. The Morgan fingerprint density at radius 1 is 0.700 bits per heavy atom. The molecule has 0 fully saturated rings. The monoisotopic (exact) mass is 410 g/mol. The highest BCUT2D eigenvalue weighted by Crippen LogP contribution is 2.31. The number of carbonyl (C=O) groups is 3. The largest absolute Gasteiger partial charge is 0.497 e. The second-order valence-electron chi connectivity index (χ2n) is 6.43. The van der Waals surface area contributed by atoms with E-state index in [1.807, 2.05) is 0 Å². The lowest BCUT2D eigenvalue weighted by molar-refractivity contribution is -0.131. The fourth-order valence-electron chi connectivity index (χ4n) is 2.33. The summed E-state index contributed by atoms with van der Waals surface area (Å²) in [6.45, 7) is 10.1. The third kappa shape index (κ3) is 5.35. The standard InChI is InChI=1S/C23H22O7/c1-13(2)22(25)29-18-10-16(9-17(12-18)27-5)21(24)15-7-8-19(28-6)20(11-15)30-23(26)14(3)4/h7-12H,1,3H2,2,4-6H3. The second-order valence-corrected chi connectivity index (χ2v) is 6.43. The van der Waals surface area contributed by atoms with Gasteiger partial charge in [0.05, 0.1) is 14.2 Å². The average Bonchev–Trinajstić information content (AvgIpc) is 2.72. The highest BCUT2D eigenvalue weighted by atomic mass is 16.6. The average molecular weight is 410 g/mol. The third-order valence-electron chi connectivity index (χ3n) is 3.91. The first-order valence-corrected chi connectivity index (χ1v) is 8.83. The van der Waals surface area contributed by atoms with E-state index in [0.29, 0.717) is 5.75 Å². The van der Waals surface area contributed by atoms with Crippen molar-refractivity contribution in [2.45, 2.75) is 13.8 Å². The van der Waals surface area contributed by atoms with Gasteiger partial charge in [-0.3, -0.25) is 4.79 Å². The Balaban J connectivity index is 2.44. The lowest BCUT2D eigenvalue weighted by Crippen LogP contribution is -2.11. The fraction of sp³-hybridized carbons (Fsp3) is 0.174. The van der Waals surface area contributed by atoms with E-state index in [2.05, 4.69) is 13.2 Å². The van der Waals surface area contributed by atoms with Gasteiger partial charge in [-0.1, -0.05) is 13.2 Å². The van der Waals surface area contributed by atoms with Crippen LogP contribution in [-0.2, 0) is 9.59 Å². The van der Waals surface area contributed by atoms with E-state index >= 15 is 0 Å². The Labute approximate surface area is 174 Å². The van der Waals surface area contributed by atoms with E-state index < -0.39 is 17.7 Å². The van der Waals surface area contributed by atoms with Crippen LogP contribution in [0.2, 0.25) is 0 Å². The minimum absolute atomic E-state index is 0.0770. The molecule has 0 atom stereocenters. The molecule has 0 spiro atoms. The highest BCUT2D eigenvalue weighted by molar-refractivity contribution is 6.10. The van der Waals surface area contributed by atoms with Gasteiger partial charge < -0.3 is 18.9 Å². The smallest absolute Gasteiger partial charge is 0.338 e. The summed E-state index contributed by atoms with van der Waals surface area (Å²) in [4.78, 5) is 36.7. The van der Waals surface area contributed by atoms with Crippen LogP contribution in [0.5, 0.6) is 23.0 Å². The molecule has 0 aliphatic heterocycles. The molecule has 7 nitrogen and oxygen atoms in total. The summed E-state index contributed by atoms with van der Waals surface area (Å²) in [7, 11) is 2.84. The zero-order valence-electron chi connectivity index (χ0n) is 17.2. The number of ether oxygens (including phenoxy) is 4. The van der Waals surface area contributed by atoms with Crippen molar-refractivity contribution in [2.75, 3.05) is 14.2 Å². The van der Waals surface area contributed by atoms with E-state index in [1.165, 1.54) is 64.5 Å². The van der Waals surface area contributed by atoms with E-state index in [4.69, 9.17) is 18.9 Å². The first-order chi connectivity index (χ1) is 14.2. The molecule has 0 aliphatic carbocycles. The van der Waals surface area contributed by atoms with Gasteiger partial charge >= 0.3 is 11.9 Å². The van der Waals surface area contributed by atoms with E-state index in [1.54, 1.807) is 0 Å². The summed E-state index contributed by atoms with van der Waals surface area (Å²) in [6, 6.07) is 8.82. The number of esters is 2. The Morgan fingerprint density at radius 2 is 1.30 bits per heavy atom. The SMILES string of the molecule is C=C(C)C(=O)Oc1cc(OC)cc(C(=O)c2ccc(OC)c(OC(=O)C(=C)C)c2)c1. The summed E-state index contributed by atoms with van der Waals surface area (Å²) in [5, 5.41) is 0. The maximum absolute atomic E-state index is 13.0. The Hall–Kier alpha value is -3.87. The van der Waals surface area contributed by atoms with Crippen LogP contribution in [0.1, 0.15) is 29.8 Å². The molecule has 0 saturated carbocycles. The van der Waals surface area contributed by atoms with Gasteiger partial charge in [-0.2, -0.15) is 0 Å². The van der Waals surface area contributed by atoms with Gasteiger partial charge in [0.2, 0.25) is 0 Å². The van der Waals surface area contributed by atoms with E-state index in [-0.39, 0.29) is 39.5 Å². The van der Waals surface area contributed by atoms with Crippen molar-refractivity contribution in [1.29, 1.82) is 0 Å². The maximum Gasteiger partial charge on any atom is 0.338 e. The molecule has 0 N–H and O–H groups in total. The zero-order valence-corrected chi connectivity index (χ0v) is 17.2. The molecule has 0 amide bonds. The zero-order chi connectivity index (χ0) is 22.4. The Morgan fingerprint density at radius 3 is 1.87 bits per heavy atom. The summed E-state index contributed by atoms with van der Waals surface area (Å²) in [5.41, 5.74) is 0.849. The normalized spacial score (nSPS) is 10.0. The highest BCUT2D eigenvalue weighted by Gasteiger charge is 2.18. The molecule has 156 valence electrons. The van der Waals surface area contributed by atoms with Crippen molar-refractivity contribution in [3.8, 4) is 23.0 Å². The molecule has 7 heteroatoms. The quantitative estimate of drug-likeness (QED) is 0.282. The molecule has 0 heterocycles. The van der Waals surface area contributed by atoms with Gasteiger partial charge in [0.1, 0.15) is 11.5 Å². The topological polar surface area (TPSA) is 88.1 Å². The Bertz CT molecular complexity index is 1030. The maximum atomic E-state index is 13.0. The molecule has 0 aromatic heterocycles. The summed E-state index contributed by atoms with van der Waals surface area (Å²) >= 11 is 0. The molecule has 2 aromatic carbocycles. The predicted molar refractivity (Wildman–Crippen MR) is 110 cm³/mol. The Kier molecular flexibility index (Phi) is 7.14. The molecular weight excluding hydrogens is 388 g/mol. The minimum atomic E-state index is -0.645. The van der Waals surface area contributed by atoms with Crippen molar-refractivity contribution >= 4 is 17.7 Å². The molecule has 30 heavy (non-hydrogen) atoms. The number of hydrogen-bond acceptors (Lipinski definition) is 7. The van der Waals surface area contributed by atoms with E-state index in [0.717, 1.165) is 0 Å². The third-order valence-corrected chi connectivity index (χ3v) is 3.91. The van der Waals surface area contributed by atoms with Gasteiger partial charge in [0.15, 0.2) is 17.3 Å². The lowest BCUT2D eigenvalue weighted by atomic mass is 10.0. The molecule has 0 radical (unpaired) electrons. The van der Waals surface area contributed by atoms with Crippen molar-refractivity contribution < 1.29 is 33.3 Å². The van der Waals surface area contributed by atoms with Crippen LogP contribution < -0.4 is 18.9 Å². The predicted octanol–water partition coefficient (Wildman–Crippen LogP) is 3.90. The molecule has 2 rings (SSSR count). The molecule has 0 saturated heterocycles. The van der Waals surface area contributed by atoms with Crippen molar-refractivity contribution in [1.82, 2.24) is 0 Å². The van der Waals surface area contributed by atoms with Gasteiger partial charge in [0, 0.05) is 28.3 Å². The van der Waals surface area contributed by atoms with Gasteiger partial charge in [-0.05, 0) is 44.2 Å². The first kappa shape index (κ1) is 22.4. The summed E-state index contributed by atoms with van der Waals surface area (Å²) in [5.74, 6) is -0.859. The van der Waals surface area contributed by atoms with Crippen LogP contribution >= 0.6 is 0 Å². The summed E-state index contributed by atoms with van der Waals surface area (Å²) in [6.07, 6.45) is 0. The van der Waals surface area contributed by atoms with Gasteiger partial charge in [0.25, 0.3) is 0 Å². The van der Waals surface area contributed by atoms with Gasteiger partial charge in [-0.15, -0.1) is 0 Å². The van der Waals surface area contributed by atoms with Crippen LogP contribution in [0.15, 0.2) is 60.7 Å². The number of rotatable bonds is 8. The van der Waals surface area contributed by atoms with Crippen molar-refractivity contribution in [3.05, 3.63) is 71.8 Å². The number of methoxy groups -OCH3 is 2. The second kappa shape index (κ2) is 9.56. The molecule has 0 aliphatic rings. The number of carbonyl (C=O) groups excluding carboxylic acids is 3. The van der Waals surface area contributed by atoms with Crippen molar-refractivity contribution in [2.24, 2.45) is 0 Å². The summed E-state index contributed by atoms with van der Waals surface area (Å²) < 4.78 is 20.8. The fourth-order valence-corrected chi connectivity index (χ4v) is 2.33. The van der Waals surface area contributed by atoms with Gasteiger partial charge in [-0.25, -0.2) is 9.59 Å². The molecule has 0 bridgehead atoms.